The largest absolute Gasteiger partial charge is 0.208 e. The molecule has 0 spiro atoms. The smallest absolute Gasteiger partial charge is 0.164 e. The van der Waals surface area contributed by atoms with Crippen LogP contribution in [0.1, 0.15) is 11.1 Å². The molecular formula is C45H30N4. The molecule has 230 valence electrons. The third-order valence-electron chi connectivity index (χ3n) is 8.77. The van der Waals surface area contributed by atoms with Crippen LogP contribution in [-0.2, 0) is 0 Å². The summed E-state index contributed by atoms with van der Waals surface area (Å²) in [7, 11) is 0. The highest BCUT2D eigenvalue weighted by Gasteiger charge is 2.13. The number of nitriles is 1. The lowest BCUT2D eigenvalue weighted by atomic mass is 9.95. The number of aromatic nitrogens is 3. The zero-order valence-corrected chi connectivity index (χ0v) is 26.9. The molecule has 0 fully saturated rings. The summed E-state index contributed by atoms with van der Waals surface area (Å²) in [6.45, 7) is 2.02. The monoisotopic (exact) mass is 626 g/mol. The van der Waals surface area contributed by atoms with E-state index in [0.717, 1.165) is 55.6 Å². The fourth-order valence-corrected chi connectivity index (χ4v) is 6.22. The summed E-state index contributed by atoms with van der Waals surface area (Å²) in [4.78, 5) is 14.6. The molecule has 4 nitrogen and oxygen atoms in total. The number of fused-ring (bicyclic) bond motifs is 1. The van der Waals surface area contributed by atoms with E-state index in [2.05, 4.69) is 97.1 Å². The SMILES string of the molecule is Cc1cc(C#N)cc(-c2ccc(-c3ccc4ccc(-c5ccc(-c6nc(-c7ccccc7)nc(-c7ccccc7)n6)cc5)cc4c3)cc2)c1. The van der Waals surface area contributed by atoms with E-state index in [1.807, 2.05) is 79.7 Å². The van der Waals surface area contributed by atoms with Crippen molar-refractivity contribution in [2.75, 3.05) is 0 Å². The van der Waals surface area contributed by atoms with Crippen molar-refractivity contribution in [3.05, 3.63) is 175 Å². The number of nitrogens with zero attached hydrogens (tertiary/aromatic N) is 4. The highest BCUT2D eigenvalue weighted by atomic mass is 15.0. The molecule has 0 radical (unpaired) electrons. The molecule has 1 aromatic heterocycles. The van der Waals surface area contributed by atoms with Gasteiger partial charge in [-0.05, 0) is 80.9 Å². The number of hydrogen-bond donors (Lipinski definition) is 0. The minimum Gasteiger partial charge on any atom is -0.208 e. The minimum absolute atomic E-state index is 0.640. The van der Waals surface area contributed by atoms with Crippen molar-refractivity contribution in [1.82, 2.24) is 15.0 Å². The molecule has 0 bridgehead atoms. The maximum atomic E-state index is 9.40. The summed E-state index contributed by atoms with van der Waals surface area (Å²) in [5.74, 6) is 1.94. The Labute approximate surface area is 285 Å². The standard InChI is InChI=1S/C45H30N4/c1-30-24-31(29-46)26-41(25-30)34-14-12-32(13-15-34)39-22-18-35-19-23-40(28-42(35)27-39)33-16-20-38(21-17-33)45-48-43(36-8-4-2-5-9-36)47-44(49-45)37-10-6-3-7-11-37/h2-28H,1H3. The molecule has 0 saturated carbocycles. The van der Waals surface area contributed by atoms with Crippen LogP contribution < -0.4 is 0 Å². The van der Waals surface area contributed by atoms with Gasteiger partial charge in [-0.3, -0.25) is 0 Å². The average Bonchev–Trinajstić information content (AvgIpc) is 3.18. The van der Waals surface area contributed by atoms with Gasteiger partial charge in [-0.25, -0.2) is 15.0 Å². The zero-order chi connectivity index (χ0) is 33.2. The topological polar surface area (TPSA) is 62.5 Å². The van der Waals surface area contributed by atoms with Crippen molar-refractivity contribution in [3.8, 4) is 73.6 Å². The van der Waals surface area contributed by atoms with Crippen LogP contribution in [0.3, 0.4) is 0 Å². The lowest BCUT2D eigenvalue weighted by Gasteiger charge is -2.10. The Hall–Kier alpha value is -6.70. The van der Waals surface area contributed by atoms with Crippen LogP contribution in [0, 0.1) is 18.3 Å². The molecule has 0 aliphatic carbocycles. The van der Waals surface area contributed by atoms with Crippen molar-refractivity contribution in [2.24, 2.45) is 0 Å². The Bertz CT molecular complexity index is 2420. The molecule has 49 heavy (non-hydrogen) atoms. The zero-order valence-electron chi connectivity index (χ0n) is 26.9. The van der Waals surface area contributed by atoms with Crippen LogP contribution in [0.15, 0.2) is 164 Å². The molecular weight excluding hydrogens is 597 g/mol. The van der Waals surface area contributed by atoms with Gasteiger partial charge in [-0.15, -0.1) is 0 Å². The molecule has 1 heterocycles. The first-order chi connectivity index (χ1) is 24.1. The van der Waals surface area contributed by atoms with Crippen LogP contribution in [0.4, 0.5) is 0 Å². The van der Waals surface area contributed by atoms with E-state index in [1.165, 1.54) is 10.8 Å². The summed E-state index contributed by atoms with van der Waals surface area (Å²) in [6.07, 6.45) is 0. The van der Waals surface area contributed by atoms with Crippen molar-refractivity contribution in [2.45, 2.75) is 6.92 Å². The van der Waals surface area contributed by atoms with Gasteiger partial charge in [-0.2, -0.15) is 5.26 Å². The second kappa shape index (κ2) is 12.8. The third kappa shape index (κ3) is 6.22. The Morgan fingerprint density at radius 3 is 1.24 bits per heavy atom. The van der Waals surface area contributed by atoms with Crippen molar-refractivity contribution < 1.29 is 0 Å². The fourth-order valence-electron chi connectivity index (χ4n) is 6.22. The van der Waals surface area contributed by atoms with Gasteiger partial charge in [0.25, 0.3) is 0 Å². The number of rotatable bonds is 6. The Morgan fingerprint density at radius 1 is 0.367 bits per heavy atom. The lowest BCUT2D eigenvalue weighted by Crippen LogP contribution is -2.00. The molecule has 0 atom stereocenters. The van der Waals surface area contributed by atoms with Gasteiger partial charge in [0.15, 0.2) is 17.5 Å². The van der Waals surface area contributed by atoms with E-state index in [0.29, 0.717) is 23.0 Å². The summed E-state index contributed by atoms with van der Waals surface area (Å²) in [6, 6.07) is 58.5. The summed E-state index contributed by atoms with van der Waals surface area (Å²) >= 11 is 0. The van der Waals surface area contributed by atoms with Gasteiger partial charge in [0, 0.05) is 16.7 Å². The molecule has 0 N–H and O–H groups in total. The van der Waals surface area contributed by atoms with Crippen LogP contribution in [0.25, 0.3) is 78.3 Å². The van der Waals surface area contributed by atoms with Gasteiger partial charge >= 0.3 is 0 Å². The van der Waals surface area contributed by atoms with Gasteiger partial charge in [0.05, 0.1) is 11.6 Å². The predicted molar refractivity (Wildman–Crippen MR) is 199 cm³/mol. The first-order valence-corrected chi connectivity index (χ1v) is 16.2. The van der Waals surface area contributed by atoms with Crippen LogP contribution >= 0.6 is 0 Å². The highest BCUT2D eigenvalue weighted by molar-refractivity contribution is 5.91. The van der Waals surface area contributed by atoms with Crippen LogP contribution in [-0.4, -0.2) is 15.0 Å². The van der Waals surface area contributed by atoms with E-state index in [-0.39, 0.29) is 0 Å². The van der Waals surface area contributed by atoms with E-state index in [4.69, 9.17) is 15.0 Å². The summed E-state index contributed by atoms with van der Waals surface area (Å²) in [5.41, 5.74) is 11.3. The second-order valence-electron chi connectivity index (χ2n) is 12.2. The molecule has 7 aromatic carbocycles. The van der Waals surface area contributed by atoms with E-state index in [1.54, 1.807) is 0 Å². The van der Waals surface area contributed by atoms with Gasteiger partial charge < -0.3 is 0 Å². The number of aryl methyl sites for hydroxylation is 1. The Kier molecular flexibility index (Phi) is 7.77. The van der Waals surface area contributed by atoms with E-state index < -0.39 is 0 Å². The third-order valence-corrected chi connectivity index (χ3v) is 8.77. The van der Waals surface area contributed by atoms with Crippen LogP contribution in [0.2, 0.25) is 0 Å². The second-order valence-corrected chi connectivity index (χ2v) is 12.2. The summed E-state index contributed by atoms with van der Waals surface area (Å²) in [5, 5.41) is 11.8. The van der Waals surface area contributed by atoms with Gasteiger partial charge in [0.2, 0.25) is 0 Å². The van der Waals surface area contributed by atoms with Crippen molar-refractivity contribution >= 4 is 10.8 Å². The molecule has 0 unspecified atom stereocenters. The normalized spacial score (nSPS) is 10.9. The highest BCUT2D eigenvalue weighted by Crippen LogP contribution is 2.32. The number of hydrogen-bond acceptors (Lipinski definition) is 4. The Morgan fingerprint density at radius 2 is 0.776 bits per heavy atom. The predicted octanol–water partition coefficient (Wildman–Crippen LogP) is 11.2. The van der Waals surface area contributed by atoms with Gasteiger partial charge in [0.1, 0.15) is 0 Å². The minimum atomic E-state index is 0.640. The molecule has 0 aliphatic rings. The molecule has 0 amide bonds. The van der Waals surface area contributed by atoms with Crippen LogP contribution in [0.5, 0.6) is 0 Å². The maximum absolute atomic E-state index is 9.40. The molecule has 0 aliphatic heterocycles. The molecule has 4 heteroatoms. The van der Waals surface area contributed by atoms with Crippen molar-refractivity contribution in [3.63, 3.8) is 0 Å². The quantitative estimate of drug-likeness (QED) is 0.184. The summed E-state index contributed by atoms with van der Waals surface area (Å²) < 4.78 is 0. The Balaban J connectivity index is 1.09. The average molecular weight is 627 g/mol. The lowest BCUT2D eigenvalue weighted by molar-refractivity contribution is 1.07. The van der Waals surface area contributed by atoms with Crippen molar-refractivity contribution in [1.29, 1.82) is 5.26 Å². The maximum Gasteiger partial charge on any atom is 0.164 e. The fraction of sp³-hybridized carbons (Fsp3) is 0.0222. The van der Waals surface area contributed by atoms with Gasteiger partial charge in [-0.1, -0.05) is 140 Å². The first-order valence-electron chi connectivity index (χ1n) is 16.2. The van der Waals surface area contributed by atoms with E-state index >= 15 is 0 Å². The van der Waals surface area contributed by atoms with E-state index in [9.17, 15) is 5.26 Å². The number of benzene rings is 7. The first kappa shape index (κ1) is 29.7. The molecule has 8 aromatic rings. The molecule has 8 rings (SSSR count). The molecule has 0 saturated heterocycles.